The first kappa shape index (κ1) is 21.2. The molecule has 130 valence electrons. The van der Waals surface area contributed by atoms with Crippen LogP contribution < -0.4 is 11.1 Å². The topological polar surface area (TPSA) is 111 Å². The minimum Gasteiger partial charge on any atom is -0.480 e. The predicted molar refractivity (Wildman–Crippen MR) is 88.8 cm³/mol. The zero-order valence-corrected chi connectivity index (χ0v) is 14.2. The standard InChI is InChI=1S/C13H18ClNO3.C2H5NO2/c1-9-5-4-6-11(14)12(9)15-10(2)13(16)18-8-7-17-3;3-1-2(4)5/h4-6,10,15H,7-8H2,1-3H3;1,3H2,(H,4,5)/t10-;/m0./s1. The number of halogens is 1. The van der Waals surface area contributed by atoms with Crippen LogP contribution in [0, 0.1) is 6.92 Å². The molecule has 0 bridgehead atoms. The second-order valence-corrected chi connectivity index (χ2v) is 4.96. The number of carbonyl (C=O) groups is 2. The summed E-state index contributed by atoms with van der Waals surface area (Å²) in [6.07, 6.45) is 0. The second-order valence-electron chi connectivity index (χ2n) is 4.56. The van der Waals surface area contributed by atoms with Crippen molar-refractivity contribution in [1.82, 2.24) is 0 Å². The fourth-order valence-electron chi connectivity index (χ4n) is 1.44. The van der Waals surface area contributed by atoms with E-state index in [-0.39, 0.29) is 19.1 Å². The number of aliphatic carboxylic acids is 1. The van der Waals surface area contributed by atoms with Gasteiger partial charge in [0.25, 0.3) is 0 Å². The van der Waals surface area contributed by atoms with Crippen LogP contribution in [0.15, 0.2) is 18.2 Å². The maximum Gasteiger partial charge on any atom is 0.328 e. The van der Waals surface area contributed by atoms with Crippen molar-refractivity contribution in [3.8, 4) is 0 Å². The average Bonchev–Trinajstić information content (AvgIpc) is 2.51. The molecule has 1 rings (SSSR count). The molecule has 8 heteroatoms. The number of anilines is 1. The van der Waals surface area contributed by atoms with Gasteiger partial charge in [-0.1, -0.05) is 23.7 Å². The lowest BCUT2D eigenvalue weighted by Crippen LogP contribution is -2.29. The van der Waals surface area contributed by atoms with Gasteiger partial charge in [-0.25, -0.2) is 4.79 Å². The molecule has 0 aliphatic rings. The van der Waals surface area contributed by atoms with E-state index < -0.39 is 12.0 Å². The van der Waals surface area contributed by atoms with Gasteiger partial charge in [-0.2, -0.15) is 0 Å². The van der Waals surface area contributed by atoms with Crippen molar-refractivity contribution in [3.05, 3.63) is 28.8 Å². The molecule has 0 radical (unpaired) electrons. The number of benzene rings is 1. The summed E-state index contributed by atoms with van der Waals surface area (Å²) in [5.74, 6) is -1.30. The molecular formula is C15H23ClN2O5. The molecule has 0 unspecified atom stereocenters. The molecule has 0 amide bonds. The van der Waals surface area contributed by atoms with E-state index in [0.29, 0.717) is 11.6 Å². The highest BCUT2D eigenvalue weighted by Crippen LogP contribution is 2.25. The number of carbonyl (C=O) groups excluding carboxylic acids is 1. The third kappa shape index (κ3) is 9.02. The van der Waals surface area contributed by atoms with Crippen molar-refractivity contribution in [2.24, 2.45) is 5.73 Å². The fourth-order valence-corrected chi connectivity index (χ4v) is 1.72. The highest BCUT2D eigenvalue weighted by molar-refractivity contribution is 6.33. The van der Waals surface area contributed by atoms with Crippen LogP contribution in [0.25, 0.3) is 0 Å². The van der Waals surface area contributed by atoms with E-state index in [1.807, 2.05) is 19.1 Å². The molecular weight excluding hydrogens is 324 g/mol. The Bertz CT molecular complexity index is 490. The van der Waals surface area contributed by atoms with E-state index in [0.717, 1.165) is 11.3 Å². The lowest BCUT2D eigenvalue weighted by molar-refractivity contribution is -0.145. The first-order valence-electron chi connectivity index (χ1n) is 6.92. The van der Waals surface area contributed by atoms with Gasteiger partial charge in [0.1, 0.15) is 12.6 Å². The van der Waals surface area contributed by atoms with Crippen LogP contribution in [-0.2, 0) is 19.1 Å². The average molecular weight is 347 g/mol. The quantitative estimate of drug-likeness (QED) is 0.508. The van der Waals surface area contributed by atoms with E-state index in [2.05, 4.69) is 11.1 Å². The van der Waals surface area contributed by atoms with Crippen LogP contribution in [0.1, 0.15) is 12.5 Å². The number of carboxylic acid groups (broad SMARTS) is 1. The number of carboxylic acids is 1. The zero-order valence-electron chi connectivity index (χ0n) is 13.5. The smallest absolute Gasteiger partial charge is 0.328 e. The second kappa shape index (κ2) is 11.7. The molecule has 0 saturated carbocycles. The largest absolute Gasteiger partial charge is 0.480 e. The molecule has 0 heterocycles. The van der Waals surface area contributed by atoms with Crippen molar-refractivity contribution in [2.75, 3.05) is 32.2 Å². The van der Waals surface area contributed by atoms with Gasteiger partial charge in [0, 0.05) is 7.11 Å². The van der Waals surface area contributed by atoms with Crippen LogP contribution in [0.4, 0.5) is 5.69 Å². The van der Waals surface area contributed by atoms with Crippen LogP contribution in [0.3, 0.4) is 0 Å². The number of methoxy groups -OCH3 is 1. The summed E-state index contributed by atoms with van der Waals surface area (Å²) in [6.45, 7) is 4.03. The summed E-state index contributed by atoms with van der Waals surface area (Å²) in [5, 5.41) is 11.2. The molecule has 23 heavy (non-hydrogen) atoms. The Morgan fingerprint density at radius 1 is 1.39 bits per heavy atom. The van der Waals surface area contributed by atoms with Crippen molar-refractivity contribution >= 4 is 29.2 Å². The Hall–Kier alpha value is -1.83. The van der Waals surface area contributed by atoms with Crippen LogP contribution >= 0.6 is 11.6 Å². The minimum atomic E-state index is -0.968. The Morgan fingerprint density at radius 3 is 2.48 bits per heavy atom. The molecule has 7 nitrogen and oxygen atoms in total. The molecule has 0 aliphatic heterocycles. The van der Waals surface area contributed by atoms with Gasteiger partial charge in [-0.05, 0) is 25.5 Å². The maximum atomic E-state index is 11.7. The molecule has 0 aromatic heterocycles. The number of para-hydroxylation sites is 1. The summed E-state index contributed by atoms with van der Waals surface area (Å²) in [4.78, 5) is 20.9. The van der Waals surface area contributed by atoms with Crippen molar-refractivity contribution in [3.63, 3.8) is 0 Å². The molecule has 0 spiro atoms. The molecule has 1 atom stereocenters. The highest BCUT2D eigenvalue weighted by Gasteiger charge is 2.16. The number of hydrogen-bond donors (Lipinski definition) is 3. The first-order valence-corrected chi connectivity index (χ1v) is 7.30. The molecule has 1 aromatic carbocycles. The Balaban J connectivity index is 0.000000841. The minimum absolute atomic E-state index is 0.253. The number of esters is 1. The van der Waals surface area contributed by atoms with Crippen molar-refractivity contribution in [1.29, 1.82) is 0 Å². The normalized spacial score (nSPS) is 11.0. The molecule has 0 saturated heterocycles. The molecule has 0 aliphatic carbocycles. The summed E-state index contributed by atoms with van der Waals surface area (Å²) in [6, 6.07) is 5.11. The van der Waals surface area contributed by atoms with Gasteiger partial charge in [0.2, 0.25) is 0 Å². The number of nitrogens with two attached hydrogens (primary N) is 1. The third-order valence-corrected chi connectivity index (χ3v) is 2.96. The number of hydrogen-bond acceptors (Lipinski definition) is 6. The number of rotatable bonds is 7. The molecule has 0 fully saturated rings. The number of nitrogens with one attached hydrogen (secondary N) is 1. The predicted octanol–water partition coefficient (Wildman–Crippen LogP) is 1.67. The van der Waals surface area contributed by atoms with Gasteiger partial charge in [0.05, 0.1) is 23.9 Å². The Labute approximate surface area is 140 Å². The van der Waals surface area contributed by atoms with Crippen molar-refractivity contribution < 1.29 is 24.2 Å². The van der Waals surface area contributed by atoms with Gasteiger partial charge in [-0.3, -0.25) is 4.79 Å². The summed E-state index contributed by atoms with van der Waals surface area (Å²) in [7, 11) is 1.56. The van der Waals surface area contributed by atoms with Gasteiger partial charge < -0.3 is 25.6 Å². The summed E-state index contributed by atoms with van der Waals surface area (Å²) < 4.78 is 9.84. The SMILES string of the molecule is COCCOC(=O)[C@H](C)Nc1c(C)cccc1Cl.NCC(=O)O. The lowest BCUT2D eigenvalue weighted by atomic mass is 10.2. The molecule has 1 aromatic rings. The Kier molecular flexibility index (Phi) is 10.8. The number of ether oxygens (including phenoxy) is 2. The summed E-state index contributed by atoms with van der Waals surface area (Å²) in [5.41, 5.74) is 6.32. The van der Waals surface area contributed by atoms with Gasteiger partial charge in [0.15, 0.2) is 0 Å². The fraction of sp³-hybridized carbons (Fsp3) is 0.467. The van der Waals surface area contributed by atoms with Crippen LogP contribution in [0.5, 0.6) is 0 Å². The lowest BCUT2D eigenvalue weighted by Gasteiger charge is -2.17. The maximum absolute atomic E-state index is 11.7. The zero-order chi connectivity index (χ0) is 17.8. The van der Waals surface area contributed by atoms with Gasteiger partial charge in [-0.15, -0.1) is 0 Å². The van der Waals surface area contributed by atoms with E-state index in [4.69, 9.17) is 26.2 Å². The summed E-state index contributed by atoms with van der Waals surface area (Å²) >= 11 is 6.07. The van der Waals surface area contributed by atoms with Crippen molar-refractivity contribution in [2.45, 2.75) is 19.9 Å². The Morgan fingerprint density at radius 2 is 2.00 bits per heavy atom. The van der Waals surface area contributed by atoms with Crippen LogP contribution in [-0.4, -0.2) is 50.0 Å². The molecule has 4 N–H and O–H groups in total. The monoisotopic (exact) mass is 346 g/mol. The van der Waals surface area contributed by atoms with E-state index in [9.17, 15) is 9.59 Å². The van der Waals surface area contributed by atoms with E-state index in [1.54, 1.807) is 20.1 Å². The highest BCUT2D eigenvalue weighted by atomic mass is 35.5. The van der Waals surface area contributed by atoms with E-state index in [1.165, 1.54) is 0 Å². The number of aryl methyl sites for hydroxylation is 1. The third-order valence-electron chi connectivity index (χ3n) is 2.64. The van der Waals surface area contributed by atoms with Gasteiger partial charge >= 0.3 is 11.9 Å². The van der Waals surface area contributed by atoms with E-state index >= 15 is 0 Å². The van der Waals surface area contributed by atoms with Crippen LogP contribution in [0.2, 0.25) is 5.02 Å². The first-order chi connectivity index (χ1) is 10.8.